The molecule has 3 aliphatic heterocycles. The van der Waals surface area contributed by atoms with Crippen molar-refractivity contribution in [2.24, 2.45) is 5.73 Å². The van der Waals surface area contributed by atoms with Crippen LogP contribution in [0.4, 0.5) is 0 Å². The predicted molar refractivity (Wildman–Crippen MR) is 128 cm³/mol. The first-order valence-electron chi connectivity index (χ1n) is 12.4. The van der Waals surface area contributed by atoms with E-state index in [1.54, 1.807) is 0 Å². The first-order chi connectivity index (χ1) is 18.8. The van der Waals surface area contributed by atoms with Crippen LogP contribution >= 0.6 is 0 Å². The van der Waals surface area contributed by atoms with Crippen molar-refractivity contribution >= 4 is 11.9 Å². The Bertz CT molecular complexity index is 1210. The molecule has 3 aliphatic rings. The number of aliphatic carboxylic acids is 1. The minimum absolute atomic E-state index is 0.210. The summed E-state index contributed by atoms with van der Waals surface area (Å²) in [5.41, 5.74) is 3.87. The van der Waals surface area contributed by atoms with Crippen LogP contribution in [0.3, 0.4) is 0 Å². The van der Waals surface area contributed by atoms with Crippen molar-refractivity contribution in [1.29, 1.82) is 0 Å². The fraction of sp³-hybridized carbons (Fsp3) is 0.727. The SMILES string of the molecule is CN1C[C@H](O)[C@@H](C(=O)O)N(C)C(=O)[C@@H]1[C@H](OC1OC(CN)C(O)C1O)C1OC(n2ccc(=O)[nH]c2=O)C(O)C1O. The number of amides is 1. The Balaban J connectivity index is 1.75. The molecule has 3 fully saturated rings. The maximum atomic E-state index is 13.6. The van der Waals surface area contributed by atoms with Crippen molar-refractivity contribution in [1.82, 2.24) is 19.4 Å². The highest BCUT2D eigenvalue weighted by Crippen LogP contribution is 2.36. The maximum absolute atomic E-state index is 13.6. The fourth-order valence-corrected chi connectivity index (χ4v) is 5.35. The van der Waals surface area contributed by atoms with Gasteiger partial charge in [0, 0.05) is 32.4 Å². The lowest BCUT2D eigenvalue weighted by atomic mass is 9.97. The first kappa shape index (κ1) is 30.2. The lowest BCUT2D eigenvalue weighted by molar-refractivity contribution is -0.233. The summed E-state index contributed by atoms with van der Waals surface area (Å²) in [6.07, 6.45) is -14.8. The van der Waals surface area contributed by atoms with Crippen LogP contribution in [-0.4, -0.2) is 156 Å². The lowest BCUT2D eigenvalue weighted by Crippen LogP contribution is -2.59. The highest BCUT2D eigenvalue weighted by molar-refractivity contribution is 5.88. The van der Waals surface area contributed by atoms with Gasteiger partial charge in [-0.25, -0.2) is 9.59 Å². The van der Waals surface area contributed by atoms with Gasteiger partial charge in [0.25, 0.3) is 5.56 Å². The van der Waals surface area contributed by atoms with Crippen LogP contribution < -0.4 is 17.0 Å². The monoisotopic (exact) mass is 575 g/mol. The molecule has 0 aromatic carbocycles. The molecule has 224 valence electrons. The number of ether oxygens (including phenoxy) is 3. The van der Waals surface area contributed by atoms with E-state index in [0.29, 0.717) is 0 Å². The lowest BCUT2D eigenvalue weighted by Gasteiger charge is -2.38. The standard InChI is InChI=1S/C22H33N5O13/c1-25-6-7(28)10(20(35)36)26(2)18(34)11(25)16(40-21-15(33)12(30)8(5-23)38-21)17-13(31)14(32)19(39-17)27-4-3-9(29)24-22(27)37/h3-4,7-8,10-17,19,21,28,30-33H,5-6,23H2,1-2H3,(H,35,36)(H,24,29,37)/t7-,8?,10-,11-,12?,13?,14?,15?,16-,17?,19?,21?/m0/s1. The Morgan fingerprint density at radius 2 is 1.77 bits per heavy atom. The number of hydrogen-bond acceptors (Lipinski definition) is 14. The number of nitrogens with two attached hydrogens (primary N) is 1. The van der Waals surface area contributed by atoms with Crippen LogP contribution in [-0.2, 0) is 23.8 Å². The van der Waals surface area contributed by atoms with E-state index in [0.717, 1.165) is 28.8 Å². The number of nitrogens with zero attached hydrogens (tertiary/aromatic N) is 3. The molecule has 4 rings (SSSR count). The number of carboxylic acids is 1. The number of aliphatic hydroxyl groups excluding tert-OH is 5. The van der Waals surface area contributed by atoms with Gasteiger partial charge < -0.3 is 55.5 Å². The quantitative estimate of drug-likeness (QED) is 0.150. The molecule has 0 saturated carbocycles. The van der Waals surface area contributed by atoms with Crippen LogP contribution in [0.25, 0.3) is 0 Å². The summed E-state index contributed by atoms with van der Waals surface area (Å²) >= 11 is 0. The van der Waals surface area contributed by atoms with Crippen molar-refractivity contribution < 1.29 is 54.4 Å². The third-order valence-electron chi connectivity index (χ3n) is 7.46. The van der Waals surface area contributed by atoms with Crippen LogP contribution in [0.5, 0.6) is 0 Å². The second-order valence-corrected chi connectivity index (χ2v) is 10.0. The highest BCUT2D eigenvalue weighted by atomic mass is 16.7. The Morgan fingerprint density at radius 1 is 1.10 bits per heavy atom. The van der Waals surface area contributed by atoms with E-state index in [1.165, 1.54) is 11.9 Å². The molecule has 0 radical (unpaired) electrons. The number of nitrogens with one attached hydrogen (secondary N) is 1. The summed E-state index contributed by atoms with van der Waals surface area (Å²) in [5.74, 6) is -2.38. The van der Waals surface area contributed by atoms with Crippen LogP contribution in [0.2, 0.25) is 0 Å². The number of rotatable bonds is 7. The Labute approximate surface area is 225 Å². The number of likely N-dealkylation sites (N-methyl/N-ethyl adjacent to an activating group) is 2. The third kappa shape index (κ3) is 5.30. The fourth-order valence-electron chi connectivity index (χ4n) is 5.35. The van der Waals surface area contributed by atoms with Crippen molar-refractivity contribution in [3.05, 3.63) is 33.1 Å². The zero-order valence-electron chi connectivity index (χ0n) is 21.5. The van der Waals surface area contributed by atoms with Crippen LogP contribution in [0.15, 0.2) is 21.9 Å². The maximum Gasteiger partial charge on any atom is 0.330 e. The van der Waals surface area contributed by atoms with E-state index in [4.69, 9.17) is 19.9 Å². The number of carboxylic acid groups (broad SMARTS) is 1. The normalized spacial score (nSPS) is 39.9. The second kappa shape index (κ2) is 11.6. The van der Waals surface area contributed by atoms with Gasteiger partial charge in [-0.3, -0.25) is 24.0 Å². The van der Waals surface area contributed by atoms with Gasteiger partial charge in [-0.2, -0.15) is 0 Å². The van der Waals surface area contributed by atoms with E-state index in [9.17, 15) is 49.8 Å². The molecule has 8 unspecified atom stereocenters. The van der Waals surface area contributed by atoms with E-state index < -0.39 is 96.6 Å². The Morgan fingerprint density at radius 3 is 2.35 bits per heavy atom. The molecule has 1 amide bonds. The Hall–Kier alpha value is -2.78. The Kier molecular flexibility index (Phi) is 8.76. The number of aromatic nitrogens is 2. The molecule has 18 heteroatoms. The largest absolute Gasteiger partial charge is 0.480 e. The second-order valence-electron chi connectivity index (χ2n) is 10.0. The summed E-state index contributed by atoms with van der Waals surface area (Å²) in [7, 11) is 2.51. The van der Waals surface area contributed by atoms with Crippen molar-refractivity contribution in [2.45, 2.75) is 73.4 Å². The number of aromatic amines is 1. The summed E-state index contributed by atoms with van der Waals surface area (Å²) in [6.45, 7) is -0.577. The molecule has 0 spiro atoms. The van der Waals surface area contributed by atoms with E-state index in [-0.39, 0.29) is 13.1 Å². The average molecular weight is 576 g/mol. The number of β-amino-alcohol motifs (C(OH)–C–C–N with tert-alkyl or cyclic N) is 1. The third-order valence-corrected chi connectivity index (χ3v) is 7.46. The first-order valence-corrected chi connectivity index (χ1v) is 12.4. The summed E-state index contributed by atoms with van der Waals surface area (Å²) in [5, 5.41) is 62.8. The van der Waals surface area contributed by atoms with Gasteiger partial charge in [0.1, 0.15) is 48.8 Å². The van der Waals surface area contributed by atoms with Gasteiger partial charge in [-0.1, -0.05) is 0 Å². The van der Waals surface area contributed by atoms with E-state index in [1.807, 2.05) is 4.98 Å². The van der Waals surface area contributed by atoms with Gasteiger partial charge in [-0.05, 0) is 7.05 Å². The number of carbonyl (C=O) groups excluding carboxylic acids is 1. The molecule has 18 nitrogen and oxygen atoms in total. The topological polar surface area (TPSA) is 271 Å². The van der Waals surface area contributed by atoms with Crippen molar-refractivity contribution in [3.63, 3.8) is 0 Å². The number of carbonyl (C=O) groups is 2. The highest BCUT2D eigenvalue weighted by Gasteiger charge is 2.56. The minimum Gasteiger partial charge on any atom is -0.480 e. The molecule has 40 heavy (non-hydrogen) atoms. The average Bonchev–Trinajstić information content (AvgIpc) is 3.29. The number of aliphatic hydroxyl groups is 5. The van der Waals surface area contributed by atoms with Crippen molar-refractivity contribution in [3.8, 4) is 0 Å². The number of hydrogen-bond donors (Lipinski definition) is 8. The predicted octanol–water partition coefficient (Wildman–Crippen LogP) is -6.47. The van der Waals surface area contributed by atoms with Crippen LogP contribution in [0, 0.1) is 0 Å². The van der Waals surface area contributed by atoms with Gasteiger partial charge in [0.05, 0.1) is 6.10 Å². The number of H-pyrrole nitrogens is 1. The van der Waals surface area contributed by atoms with E-state index in [2.05, 4.69) is 0 Å². The van der Waals surface area contributed by atoms with Gasteiger partial charge in [0.2, 0.25) is 5.91 Å². The smallest absolute Gasteiger partial charge is 0.330 e. The zero-order chi connectivity index (χ0) is 29.6. The molecular weight excluding hydrogens is 542 g/mol. The summed E-state index contributed by atoms with van der Waals surface area (Å²) < 4.78 is 18.1. The van der Waals surface area contributed by atoms with Crippen molar-refractivity contribution in [2.75, 3.05) is 27.2 Å². The molecule has 12 atom stereocenters. The molecule has 3 saturated heterocycles. The minimum atomic E-state index is -1.84. The summed E-state index contributed by atoms with van der Waals surface area (Å²) in [4.78, 5) is 53.4. The zero-order valence-corrected chi connectivity index (χ0v) is 21.5. The van der Waals surface area contributed by atoms with Gasteiger partial charge in [0.15, 0.2) is 18.6 Å². The molecule has 9 N–H and O–H groups in total. The molecule has 4 heterocycles. The molecule has 1 aromatic rings. The van der Waals surface area contributed by atoms with Gasteiger partial charge in [-0.15, -0.1) is 0 Å². The molecule has 1 aromatic heterocycles. The summed E-state index contributed by atoms with van der Waals surface area (Å²) in [6, 6.07) is -2.18. The molecule has 0 bridgehead atoms. The van der Waals surface area contributed by atoms with E-state index >= 15 is 0 Å². The molecule has 0 aliphatic carbocycles. The van der Waals surface area contributed by atoms with Gasteiger partial charge >= 0.3 is 11.7 Å². The molecular formula is C22H33N5O13. The van der Waals surface area contributed by atoms with Crippen LogP contribution in [0.1, 0.15) is 6.23 Å².